The molecule has 1 fully saturated rings. The fourth-order valence-corrected chi connectivity index (χ4v) is 2.80. The average molecular weight is 300 g/mol. The summed E-state index contributed by atoms with van der Waals surface area (Å²) >= 11 is 0. The Morgan fingerprint density at radius 3 is 2.43 bits per heavy atom. The highest BCUT2D eigenvalue weighted by Gasteiger charge is 2.49. The molecule has 0 bridgehead atoms. The van der Waals surface area contributed by atoms with Crippen LogP contribution in [0.15, 0.2) is 0 Å². The third-order valence-electron chi connectivity index (χ3n) is 4.38. The first-order chi connectivity index (χ1) is 9.68. The summed E-state index contributed by atoms with van der Waals surface area (Å²) in [6.45, 7) is 8.19. The molecule has 3 atom stereocenters. The van der Waals surface area contributed by atoms with Gasteiger partial charge in [-0.2, -0.15) is 0 Å². The van der Waals surface area contributed by atoms with Crippen molar-refractivity contribution in [3.8, 4) is 0 Å². The SMILES string of the molecule is COC1CC(NC(=O)NCC(CC(C)C)C(=O)O)C1(C)C. The Hall–Kier alpha value is -1.30. The zero-order valence-electron chi connectivity index (χ0n) is 13.6. The number of methoxy groups -OCH3 is 1. The predicted octanol–water partition coefficient (Wildman–Crippen LogP) is 1.85. The molecule has 3 unspecified atom stereocenters. The number of carbonyl (C=O) groups is 2. The van der Waals surface area contributed by atoms with Crippen LogP contribution in [0.5, 0.6) is 0 Å². The number of ether oxygens (including phenoxy) is 1. The summed E-state index contributed by atoms with van der Waals surface area (Å²) in [5, 5.41) is 14.7. The normalized spacial score (nSPS) is 25.0. The van der Waals surface area contributed by atoms with Gasteiger partial charge in [-0.15, -0.1) is 0 Å². The molecule has 0 aromatic rings. The van der Waals surface area contributed by atoms with Gasteiger partial charge in [-0.3, -0.25) is 4.79 Å². The lowest BCUT2D eigenvalue weighted by Crippen LogP contribution is -2.63. The van der Waals surface area contributed by atoms with Gasteiger partial charge in [0.05, 0.1) is 12.0 Å². The molecule has 122 valence electrons. The van der Waals surface area contributed by atoms with E-state index in [1.54, 1.807) is 7.11 Å². The fourth-order valence-electron chi connectivity index (χ4n) is 2.80. The van der Waals surface area contributed by atoms with Gasteiger partial charge in [-0.1, -0.05) is 27.7 Å². The van der Waals surface area contributed by atoms with Crippen molar-refractivity contribution < 1.29 is 19.4 Å². The van der Waals surface area contributed by atoms with Crippen molar-refractivity contribution >= 4 is 12.0 Å². The number of rotatable bonds is 7. The molecule has 6 heteroatoms. The van der Waals surface area contributed by atoms with Crippen LogP contribution in [0.3, 0.4) is 0 Å². The Kier molecular flexibility index (Phi) is 6.01. The van der Waals surface area contributed by atoms with Crippen LogP contribution in [-0.2, 0) is 9.53 Å². The molecule has 1 aliphatic carbocycles. The van der Waals surface area contributed by atoms with Gasteiger partial charge in [0.1, 0.15) is 0 Å². The second-order valence-electron chi connectivity index (χ2n) is 6.85. The molecule has 0 radical (unpaired) electrons. The molecule has 3 N–H and O–H groups in total. The van der Waals surface area contributed by atoms with Gasteiger partial charge >= 0.3 is 12.0 Å². The summed E-state index contributed by atoms with van der Waals surface area (Å²) in [5.41, 5.74) is -0.101. The Morgan fingerprint density at radius 1 is 1.38 bits per heavy atom. The van der Waals surface area contributed by atoms with Crippen LogP contribution >= 0.6 is 0 Å². The first kappa shape index (κ1) is 17.8. The molecule has 0 heterocycles. The second-order valence-corrected chi connectivity index (χ2v) is 6.85. The van der Waals surface area contributed by atoms with Crippen LogP contribution in [0.1, 0.15) is 40.5 Å². The Balaban J connectivity index is 2.39. The lowest BCUT2D eigenvalue weighted by atomic mass is 9.64. The second kappa shape index (κ2) is 7.11. The Labute approximate surface area is 126 Å². The van der Waals surface area contributed by atoms with Crippen LogP contribution in [0.4, 0.5) is 4.79 Å². The van der Waals surface area contributed by atoms with Crippen molar-refractivity contribution in [3.63, 3.8) is 0 Å². The van der Waals surface area contributed by atoms with Gasteiger partial charge < -0.3 is 20.5 Å². The summed E-state index contributed by atoms with van der Waals surface area (Å²) in [5.74, 6) is -1.13. The monoisotopic (exact) mass is 300 g/mol. The van der Waals surface area contributed by atoms with Crippen molar-refractivity contribution in [3.05, 3.63) is 0 Å². The minimum atomic E-state index is -0.868. The predicted molar refractivity (Wildman–Crippen MR) is 80.1 cm³/mol. The highest BCUT2D eigenvalue weighted by Crippen LogP contribution is 2.42. The molecule has 1 rings (SSSR count). The molecule has 0 aromatic heterocycles. The molecule has 0 aromatic carbocycles. The van der Waals surface area contributed by atoms with Crippen molar-refractivity contribution in [2.24, 2.45) is 17.3 Å². The minimum Gasteiger partial charge on any atom is -0.481 e. The van der Waals surface area contributed by atoms with Crippen molar-refractivity contribution in [2.75, 3.05) is 13.7 Å². The third kappa shape index (κ3) is 4.59. The van der Waals surface area contributed by atoms with E-state index in [0.717, 1.165) is 6.42 Å². The van der Waals surface area contributed by atoms with E-state index in [4.69, 9.17) is 9.84 Å². The Bertz CT molecular complexity index is 382. The molecule has 21 heavy (non-hydrogen) atoms. The molecule has 0 spiro atoms. The van der Waals surface area contributed by atoms with Gasteiger partial charge in [-0.05, 0) is 18.8 Å². The van der Waals surface area contributed by atoms with Gasteiger partial charge in [-0.25, -0.2) is 4.79 Å². The standard InChI is InChI=1S/C15H28N2O4/c1-9(2)6-10(13(18)19)8-16-14(20)17-11-7-12(21-5)15(11,3)4/h9-12H,6-8H2,1-5H3,(H,18,19)(H2,16,17,20). The van der Waals surface area contributed by atoms with E-state index in [1.807, 2.05) is 13.8 Å². The largest absolute Gasteiger partial charge is 0.481 e. The topological polar surface area (TPSA) is 87.7 Å². The van der Waals surface area contributed by atoms with Gasteiger partial charge in [0.15, 0.2) is 0 Å². The number of carbonyl (C=O) groups excluding carboxylic acids is 1. The number of urea groups is 1. The number of hydrogen-bond acceptors (Lipinski definition) is 3. The van der Waals surface area contributed by atoms with Crippen LogP contribution in [0.2, 0.25) is 0 Å². The van der Waals surface area contributed by atoms with E-state index in [0.29, 0.717) is 6.42 Å². The molecular formula is C15H28N2O4. The summed E-state index contributed by atoms with van der Waals surface area (Å²) in [6.07, 6.45) is 1.48. The molecule has 1 aliphatic rings. The molecule has 0 aliphatic heterocycles. The number of hydrogen-bond donors (Lipinski definition) is 3. The number of amides is 2. The van der Waals surface area contributed by atoms with Gasteiger partial charge in [0.25, 0.3) is 0 Å². The lowest BCUT2D eigenvalue weighted by molar-refractivity contribution is -0.142. The van der Waals surface area contributed by atoms with Crippen LogP contribution in [-0.4, -0.2) is 42.9 Å². The summed E-state index contributed by atoms with van der Waals surface area (Å²) in [6, 6.07) is -0.256. The van der Waals surface area contributed by atoms with E-state index in [1.165, 1.54) is 0 Å². The molecular weight excluding hydrogens is 272 g/mol. The maximum absolute atomic E-state index is 11.9. The third-order valence-corrected chi connectivity index (χ3v) is 4.38. The summed E-state index contributed by atoms with van der Waals surface area (Å²) < 4.78 is 5.34. The highest BCUT2D eigenvalue weighted by molar-refractivity contribution is 5.76. The minimum absolute atomic E-state index is 0.0517. The van der Waals surface area contributed by atoms with E-state index in [9.17, 15) is 9.59 Å². The van der Waals surface area contributed by atoms with Crippen LogP contribution in [0.25, 0.3) is 0 Å². The quantitative estimate of drug-likeness (QED) is 0.669. The maximum atomic E-state index is 11.9. The zero-order chi connectivity index (χ0) is 16.2. The van der Waals surface area contributed by atoms with E-state index < -0.39 is 11.9 Å². The zero-order valence-corrected chi connectivity index (χ0v) is 13.6. The Morgan fingerprint density at radius 2 is 2.00 bits per heavy atom. The van der Waals surface area contributed by atoms with Gasteiger partial charge in [0, 0.05) is 25.1 Å². The molecule has 0 saturated heterocycles. The number of nitrogens with one attached hydrogen (secondary N) is 2. The van der Waals surface area contributed by atoms with E-state index in [-0.39, 0.29) is 36.1 Å². The van der Waals surface area contributed by atoms with Gasteiger partial charge in [0.2, 0.25) is 0 Å². The summed E-state index contributed by atoms with van der Waals surface area (Å²) in [7, 11) is 1.67. The number of aliphatic carboxylic acids is 1. The maximum Gasteiger partial charge on any atom is 0.315 e. The van der Waals surface area contributed by atoms with Crippen LogP contribution < -0.4 is 10.6 Å². The fraction of sp³-hybridized carbons (Fsp3) is 0.867. The molecule has 1 saturated carbocycles. The summed E-state index contributed by atoms with van der Waals surface area (Å²) in [4.78, 5) is 23.0. The van der Waals surface area contributed by atoms with Crippen molar-refractivity contribution in [1.29, 1.82) is 0 Å². The molecule has 6 nitrogen and oxygen atoms in total. The van der Waals surface area contributed by atoms with E-state index in [2.05, 4.69) is 24.5 Å². The van der Waals surface area contributed by atoms with Crippen molar-refractivity contribution in [1.82, 2.24) is 10.6 Å². The lowest BCUT2D eigenvalue weighted by Gasteiger charge is -2.51. The number of carboxylic acid groups (broad SMARTS) is 1. The van der Waals surface area contributed by atoms with Crippen LogP contribution in [0, 0.1) is 17.3 Å². The first-order valence-electron chi connectivity index (χ1n) is 7.48. The highest BCUT2D eigenvalue weighted by atomic mass is 16.5. The molecule has 2 amide bonds. The number of carboxylic acids is 1. The smallest absolute Gasteiger partial charge is 0.315 e. The average Bonchev–Trinajstić information content (AvgIpc) is 2.38. The van der Waals surface area contributed by atoms with E-state index >= 15 is 0 Å². The first-order valence-corrected chi connectivity index (χ1v) is 7.48. The van der Waals surface area contributed by atoms with Crippen molar-refractivity contribution in [2.45, 2.75) is 52.7 Å².